The molecule has 1 amide bonds. The molecule has 2 N–H and O–H groups in total. The number of hydrogen-bond acceptors (Lipinski definition) is 3. The van der Waals surface area contributed by atoms with Crippen molar-refractivity contribution in [2.24, 2.45) is 0 Å². The van der Waals surface area contributed by atoms with Gasteiger partial charge in [0.1, 0.15) is 5.75 Å². The lowest BCUT2D eigenvalue weighted by molar-refractivity contribution is -0.00815. The van der Waals surface area contributed by atoms with Crippen LogP contribution in [-0.2, 0) is 4.74 Å². The van der Waals surface area contributed by atoms with E-state index in [1.54, 1.807) is 12.1 Å². The minimum Gasteiger partial charge on any atom is -0.508 e. The number of hydrogen-bond donors (Lipinski definition) is 2. The first kappa shape index (κ1) is 13.5. The molecule has 0 fully saturated rings. The molecule has 0 unspecified atom stereocenters. The zero-order valence-electron chi connectivity index (χ0n) is 10.5. The van der Waals surface area contributed by atoms with Gasteiger partial charge in [-0.1, -0.05) is 0 Å². The zero-order chi connectivity index (χ0) is 12.9. The summed E-state index contributed by atoms with van der Waals surface area (Å²) in [6.07, 6.45) is 0. The Morgan fingerprint density at radius 1 is 1.35 bits per heavy atom. The van der Waals surface area contributed by atoms with Gasteiger partial charge in [-0.15, -0.1) is 0 Å². The molecule has 0 heterocycles. The number of aromatic hydroxyl groups is 1. The van der Waals surface area contributed by atoms with Crippen molar-refractivity contribution in [3.05, 3.63) is 29.8 Å². The Balaban J connectivity index is 2.53. The molecule has 0 aliphatic heterocycles. The third kappa shape index (κ3) is 4.44. The molecule has 0 spiro atoms. The van der Waals surface area contributed by atoms with E-state index in [2.05, 4.69) is 5.32 Å². The maximum atomic E-state index is 11.8. The molecular weight excluding hydrogens is 218 g/mol. The van der Waals surface area contributed by atoms with Gasteiger partial charge in [-0.25, -0.2) is 0 Å². The highest BCUT2D eigenvalue weighted by molar-refractivity contribution is 5.94. The van der Waals surface area contributed by atoms with Gasteiger partial charge in [-0.05, 0) is 45.0 Å². The van der Waals surface area contributed by atoms with Gasteiger partial charge in [0.2, 0.25) is 0 Å². The second kappa shape index (κ2) is 5.68. The van der Waals surface area contributed by atoms with E-state index >= 15 is 0 Å². The molecule has 0 bridgehead atoms. The number of carbonyl (C=O) groups is 1. The average Bonchev–Trinajstić information content (AvgIpc) is 2.27. The summed E-state index contributed by atoms with van der Waals surface area (Å²) in [6.45, 7) is 6.83. The standard InChI is InChI=1S/C13H19NO3/c1-4-17-13(2,3)9-14-12(16)10-5-7-11(15)8-6-10/h5-8,15H,4,9H2,1-3H3,(H,14,16). The van der Waals surface area contributed by atoms with Crippen molar-refractivity contribution in [1.82, 2.24) is 5.32 Å². The molecular formula is C13H19NO3. The highest BCUT2D eigenvalue weighted by Gasteiger charge is 2.18. The smallest absolute Gasteiger partial charge is 0.251 e. The lowest BCUT2D eigenvalue weighted by Crippen LogP contribution is -2.40. The Bertz CT molecular complexity index is 371. The molecule has 0 aromatic heterocycles. The van der Waals surface area contributed by atoms with Crippen molar-refractivity contribution in [3.63, 3.8) is 0 Å². The van der Waals surface area contributed by atoms with E-state index in [1.165, 1.54) is 12.1 Å². The summed E-state index contributed by atoms with van der Waals surface area (Å²) in [5, 5.41) is 11.9. The van der Waals surface area contributed by atoms with E-state index in [0.29, 0.717) is 18.7 Å². The van der Waals surface area contributed by atoms with E-state index in [-0.39, 0.29) is 17.3 Å². The van der Waals surface area contributed by atoms with Gasteiger partial charge in [-0.3, -0.25) is 4.79 Å². The minimum atomic E-state index is -0.374. The maximum Gasteiger partial charge on any atom is 0.251 e. The summed E-state index contributed by atoms with van der Waals surface area (Å²) in [7, 11) is 0. The molecule has 1 aromatic carbocycles. The molecule has 4 heteroatoms. The summed E-state index contributed by atoms with van der Waals surface area (Å²) in [5.41, 5.74) is 0.150. The Morgan fingerprint density at radius 2 is 1.94 bits per heavy atom. The van der Waals surface area contributed by atoms with E-state index in [4.69, 9.17) is 9.84 Å². The number of phenolic OH excluding ortho intramolecular Hbond substituents is 1. The van der Waals surface area contributed by atoms with Gasteiger partial charge in [-0.2, -0.15) is 0 Å². The van der Waals surface area contributed by atoms with Crippen LogP contribution < -0.4 is 5.32 Å². The number of amides is 1. The molecule has 1 rings (SSSR count). The number of carbonyl (C=O) groups excluding carboxylic acids is 1. The molecule has 17 heavy (non-hydrogen) atoms. The van der Waals surface area contributed by atoms with Crippen molar-refractivity contribution in [2.45, 2.75) is 26.4 Å². The van der Waals surface area contributed by atoms with Crippen LogP contribution in [0.1, 0.15) is 31.1 Å². The summed E-state index contributed by atoms with van der Waals surface area (Å²) in [5.74, 6) is -0.0195. The Labute approximate surface area is 102 Å². The van der Waals surface area contributed by atoms with Crippen LogP contribution in [0.4, 0.5) is 0 Å². The van der Waals surface area contributed by atoms with Crippen LogP contribution in [0.15, 0.2) is 24.3 Å². The average molecular weight is 237 g/mol. The first-order valence-corrected chi connectivity index (χ1v) is 5.66. The van der Waals surface area contributed by atoms with Crippen LogP contribution in [0.25, 0.3) is 0 Å². The van der Waals surface area contributed by atoms with Gasteiger partial charge >= 0.3 is 0 Å². The monoisotopic (exact) mass is 237 g/mol. The second-order valence-corrected chi connectivity index (χ2v) is 4.42. The van der Waals surface area contributed by atoms with Crippen molar-refractivity contribution in [3.8, 4) is 5.75 Å². The van der Waals surface area contributed by atoms with E-state index in [1.807, 2.05) is 20.8 Å². The SMILES string of the molecule is CCOC(C)(C)CNC(=O)c1ccc(O)cc1. The van der Waals surface area contributed by atoms with Crippen molar-refractivity contribution in [1.29, 1.82) is 0 Å². The number of rotatable bonds is 5. The molecule has 0 saturated carbocycles. The molecule has 4 nitrogen and oxygen atoms in total. The van der Waals surface area contributed by atoms with Gasteiger partial charge in [0, 0.05) is 18.7 Å². The predicted molar refractivity (Wildman–Crippen MR) is 66.1 cm³/mol. The quantitative estimate of drug-likeness (QED) is 0.822. The first-order valence-electron chi connectivity index (χ1n) is 5.66. The maximum absolute atomic E-state index is 11.8. The fraction of sp³-hybridized carbons (Fsp3) is 0.462. The molecule has 0 aliphatic carbocycles. The van der Waals surface area contributed by atoms with Crippen LogP contribution in [0.5, 0.6) is 5.75 Å². The van der Waals surface area contributed by atoms with Gasteiger partial charge in [0.15, 0.2) is 0 Å². The number of phenols is 1. The van der Waals surface area contributed by atoms with Crippen LogP contribution in [0.2, 0.25) is 0 Å². The minimum absolute atomic E-state index is 0.149. The predicted octanol–water partition coefficient (Wildman–Crippen LogP) is 1.94. The largest absolute Gasteiger partial charge is 0.508 e. The Kier molecular flexibility index (Phi) is 4.52. The summed E-state index contributed by atoms with van der Waals surface area (Å²) in [6, 6.07) is 6.14. The molecule has 94 valence electrons. The number of ether oxygens (including phenoxy) is 1. The van der Waals surface area contributed by atoms with Crippen LogP contribution >= 0.6 is 0 Å². The van der Waals surface area contributed by atoms with Crippen molar-refractivity contribution in [2.75, 3.05) is 13.2 Å². The zero-order valence-corrected chi connectivity index (χ0v) is 10.5. The molecule has 0 atom stereocenters. The van der Waals surface area contributed by atoms with Gasteiger partial charge in [0.05, 0.1) is 5.60 Å². The third-order valence-corrected chi connectivity index (χ3v) is 2.34. The lowest BCUT2D eigenvalue weighted by atomic mass is 10.1. The molecule has 1 aromatic rings. The van der Waals surface area contributed by atoms with Crippen molar-refractivity contribution >= 4 is 5.91 Å². The fourth-order valence-corrected chi connectivity index (χ4v) is 1.45. The molecule has 0 aliphatic rings. The first-order chi connectivity index (χ1) is 7.94. The molecule has 0 radical (unpaired) electrons. The Hall–Kier alpha value is -1.55. The van der Waals surface area contributed by atoms with E-state index in [9.17, 15) is 4.79 Å². The third-order valence-electron chi connectivity index (χ3n) is 2.34. The van der Waals surface area contributed by atoms with Crippen LogP contribution in [0.3, 0.4) is 0 Å². The van der Waals surface area contributed by atoms with Crippen LogP contribution in [0, 0.1) is 0 Å². The topological polar surface area (TPSA) is 58.6 Å². The second-order valence-electron chi connectivity index (χ2n) is 4.42. The fourth-order valence-electron chi connectivity index (χ4n) is 1.45. The Morgan fingerprint density at radius 3 is 2.47 bits per heavy atom. The highest BCUT2D eigenvalue weighted by atomic mass is 16.5. The summed E-state index contributed by atoms with van der Waals surface area (Å²) < 4.78 is 5.48. The summed E-state index contributed by atoms with van der Waals surface area (Å²) >= 11 is 0. The highest BCUT2D eigenvalue weighted by Crippen LogP contribution is 2.11. The van der Waals surface area contributed by atoms with E-state index in [0.717, 1.165) is 0 Å². The number of benzene rings is 1. The van der Waals surface area contributed by atoms with Crippen molar-refractivity contribution < 1.29 is 14.6 Å². The van der Waals surface area contributed by atoms with E-state index < -0.39 is 0 Å². The van der Waals surface area contributed by atoms with Gasteiger partial charge in [0.25, 0.3) is 5.91 Å². The summed E-state index contributed by atoms with van der Waals surface area (Å²) in [4.78, 5) is 11.8. The lowest BCUT2D eigenvalue weighted by Gasteiger charge is -2.24. The normalized spacial score (nSPS) is 11.2. The molecule has 0 saturated heterocycles. The number of nitrogens with one attached hydrogen (secondary N) is 1. The van der Waals surface area contributed by atoms with Gasteiger partial charge < -0.3 is 15.2 Å². The van der Waals surface area contributed by atoms with Crippen LogP contribution in [-0.4, -0.2) is 29.8 Å².